The first kappa shape index (κ1) is 15.9. The molecule has 0 aromatic rings. The van der Waals surface area contributed by atoms with Crippen LogP contribution in [0.15, 0.2) is 0 Å². The van der Waals surface area contributed by atoms with Gasteiger partial charge >= 0.3 is 0 Å². The lowest BCUT2D eigenvalue weighted by Crippen LogP contribution is -2.68. The average molecular weight is 256 g/mol. The SMILES string of the molecule is CCCNC1CNCC(NCCC)C1NCCC. The van der Waals surface area contributed by atoms with Crippen molar-refractivity contribution >= 4 is 0 Å². The molecule has 108 valence electrons. The molecule has 0 amide bonds. The van der Waals surface area contributed by atoms with Crippen LogP contribution in [-0.2, 0) is 0 Å². The van der Waals surface area contributed by atoms with E-state index < -0.39 is 0 Å². The van der Waals surface area contributed by atoms with Gasteiger partial charge in [-0.15, -0.1) is 0 Å². The van der Waals surface area contributed by atoms with Gasteiger partial charge in [0.1, 0.15) is 0 Å². The Hall–Kier alpha value is -0.160. The minimum atomic E-state index is 0.541. The number of rotatable bonds is 9. The van der Waals surface area contributed by atoms with Crippen molar-refractivity contribution in [2.24, 2.45) is 0 Å². The van der Waals surface area contributed by atoms with Crippen LogP contribution in [0, 0.1) is 0 Å². The molecule has 2 unspecified atom stereocenters. The molecule has 0 bridgehead atoms. The summed E-state index contributed by atoms with van der Waals surface area (Å²) in [5.41, 5.74) is 0. The summed E-state index contributed by atoms with van der Waals surface area (Å²) in [7, 11) is 0. The van der Waals surface area contributed by atoms with Crippen molar-refractivity contribution in [3.8, 4) is 0 Å². The molecule has 18 heavy (non-hydrogen) atoms. The fourth-order valence-electron chi connectivity index (χ4n) is 2.58. The van der Waals surface area contributed by atoms with E-state index in [2.05, 4.69) is 42.0 Å². The van der Waals surface area contributed by atoms with E-state index in [9.17, 15) is 0 Å². The van der Waals surface area contributed by atoms with Gasteiger partial charge in [-0.25, -0.2) is 0 Å². The highest BCUT2D eigenvalue weighted by atomic mass is 15.1. The lowest BCUT2D eigenvalue weighted by atomic mass is 9.95. The van der Waals surface area contributed by atoms with E-state index in [1.165, 1.54) is 19.3 Å². The molecular weight excluding hydrogens is 224 g/mol. The Morgan fingerprint density at radius 1 is 0.778 bits per heavy atom. The Kier molecular flexibility index (Phi) is 8.59. The standard InChI is InChI=1S/C14H32N4/c1-4-7-16-12-10-15-11-13(17-8-5-2)14(12)18-9-6-3/h12-18H,4-11H2,1-3H3. The largest absolute Gasteiger partial charge is 0.314 e. The summed E-state index contributed by atoms with van der Waals surface area (Å²) in [6.07, 6.45) is 3.60. The monoisotopic (exact) mass is 256 g/mol. The van der Waals surface area contributed by atoms with E-state index in [1.807, 2.05) is 0 Å². The van der Waals surface area contributed by atoms with Gasteiger partial charge < -0.3 is 21.3 Å². The second kappa shape index (κ2) is 9.73. The number of hydrogen-bond acceptors (Lipinski definition) is 4. The zero-order valence-electron chi connectivity index (χ0n) is 12.4. The van der Waals surface area contributed by atoms with Crippen molar-refractivity contribution < 1.29 is 0 Å². The minimum absolute atomic E-state index is 0.541. The second-order valence-electron chi connectivity index (χ2n) is 5.26. The maximum Gasteiger partial charge on any atom is 0.0400 e. The molecule has 4 nitrogen and oxygen atoms in total. The van der Waals surface area contributed by atoms with Gasteiger partial charge in [0.15, 0.2) is 0 Å². The molecule has 0 saturated carbocycles. The summed E-state index contributed by atoms with van der Waals surface area (Å²) in [4.78, 5) is 0. The summed E-state index contributed by atoms with van der Waals surface area (Å²) < 4.78 is 0. The van der Waals surface area contributed by atoms with Crippen molar-refractivity contribution in [2.45, 2.75) is 58.2 Å². The predicted octanol–water partition coefficient (Wildman–Crippen LogP) is 0.694. The van der Waals surface area contributed by atoms with Crippen molar-refractivity contribution in [3.05, 3.63) is 0 Å². The highest BCUT2D eigenvalue weighted by Crippen LogP contribution is 2.06. The highest BCUT2D eigenvalue weighted by molar-refractivity contribution is 4.98. The smallest absolute Gasteiger partial charge is 0.0400 e. The molecule has 2 atom stereocenters. The molecule has 1 rings (SSSR count). The lowest BCUT2D eigenvalue weighted by molar-refractivity contribution is 0.240. The number of hydrogen-bond donors (Lipinski definition) is 4. The molecule has 4 heteroatoms. The Bertz CT molecular complexity index is 182. The molecule has 0 aliphatic carbocycles. The fourth-order valence-corrected chi connectivity index (χ4v) is 2.58. The Morgan fingerprint density at radius 3 is 1.67 bits per heavy atom. The maximum absolute atomic E-state index is 3.72. The summed E-state index contributed by atoms with van der Waals surface area (Å²) in [5.74, 6) is 0. The highest BCUT2D eigenvalue weighted by Gasteiger charge is 2.31. The Labute approximate surface area is 113 Å². The average Bonchev–Trinajstić information content (AvgIpc) is 2.41. The van der Waals surface area contributed by atoms with E-state index in [1.54, 1.807) is 0 Å². The molecule has 4 N–H and O–H groups in total. The molecule has 1 aliphatic heterocycles. The quantitative estimate of drug-likeness (QED) is 0.490. The summed E-state index contributed by atoms with van der Waals surface area (Å²) >= 11 is 0. The molecule has 0 aromatic heterocycles. The van der Waals surface area contributed by atoms with Gasteiger partial charge in [-0.2, -0.15) is 0 Å². The molecule has 0 aromatic carbocycles. The van der Waals surface area contributed by atoms with Gasteiger partial charge in [0.05, 0.1) is 0 Å². The molecular formula is C14H32N4. The van der Waals surface area contributed by atoms with Gasteiger partial charge in [-0.05, 0) is 38.9 Å². The number of nitrogens with one attached hydrogen (secondary N) is 4. The van der Waals surface area contributed by atoms with Gasteiger partial charge in [0.2, 0.25) is 0 Å². The van der Waals surface area contributed by atoms with Crippen LogP contribution in [0.1, 0.15) is 40.0 Å². The van der Waals surface area contributed by atoms with Crippen molar-refractivity contribution in [1.29, 1.82) is 0 Å². The van der Waals surface area contributed by atoms with Crippen LogP contribution < -0.4 is 21.3 Å². The molecule has 1 saturated heterocycles. The summed E-state index contributed by atoms with van der Waals surface area (Å²) in [6.45, 7) is 12.2. The molecule has 1 fully saturated rings. The van der Waals surface area contributed by atoms with Crippen LogP contribution in [0.5, 0.6) is 0 Å². The van der Waals surface area contributed by atoms with Crippen molar-refractivity contribution in [2.75, 3.05) is 32.7 Å². The minimum Gasteiger partial charge on any atom is -0.314 e. The predicted molar refractivity (Wildman–Crippen MR) is 79.1 cm³/mol. The van der Waals surface area contributed by atoms with E-state index in [-0.39, 0.29) is 0 Å². The first-order chi connectivity index (χ1) is 8.83. The van der Waals surface area contributed by atoms with Gasteiger partial charge in [0, 0.05) is 31.2 Å². The van der Waals surface area contributed by atoms with Crippen molar-refractivity contribution in [3.63, 3.8) is 0 Å². The summed E-state index contributed by atoms with van der Waals surface area (Å²) in [5, 5.41) is 14.6. The van der Waals surface area contributed by atoms with E-state index in [0.29, 0.717) is 18.1 Å². The van der Waals surface area contributed by atoms with E-state index in [4.69, 9.17) is 0 Å². The van der Waals surface area contributed by atoms with Crippen LogP contribution in [0.2, 0.25) is 0 Å². The zero-order chi connectivity index (χ0) is 13.2. The number of piperidine rings is 1. The third-order valence-electron chi connectivity index (χ3n) is 3.54. The normalized spacial score (nSPS) is 28.5. The first-order valence-electron chi connectivity index (χ1n) is 7.74. The Balaban J connectivity index is 2.51. The maximum atomic E-state index is 3.72. The van der Waals surface area contributed by atoms with Gasteiger partial charge in [-0.3, -0.25) is 0 Å². The molecule has 1 aliphatic rings. The lowest BCUT2D eigenvalue weighted by Gasteiger charge is -2.40. The fraction of sp³-hybridized carbons (Fsp3) is 1.00. The zero-order valence-corrected chi connectivity index (χ0v) is 12.4. The van der Waals surface area contributed by atoms with Crippen LogP contribution in [0.4, 0.5) is 0 Å². The van der Waals surface area contributed by atoms with E-state index >= 15 is 0 Å². The van der Waals surface area contributed by atoms with Crippen LogP contribution in [0.25, 0.3) is 0 Å². The van der Waals surface area contributed by atoms with Crippen molar-refractivity contribution in [1.82, 2.24) is 21.3 Å². The summed E-state index contributed by atoms with van der Waals surface area (Å²) in [6, 6.07) is 1.63. The van der Waals surface area contributed by atoms with E-state index in [0.717, 1.165) is 32.7 Å². The van der Waals surface area contributed by atoms with Crippen LogP contribution in [0.3, 0.4) is 0 Å². The Morgan fingerprint density at radius 2 is 1.22 bits per heavy atom. The third-order valence-corrected chi connectivity index (χ3v) is 3.54. The second-order valence-corrected chi connectivity index (χ2v) is 5.26. The van der Waals surface area contributed by atoms with Crippen LogP contribution >= 0.6 is 0 Å². The van der Waals surface area contributed by atoms with Gasteiger partial charge in [0.25, 0.3) is 0 Å². The molecule has 0 spiro atoms. The first-order valence-corrected chi connectivity index (χ1v) is 7.74. The topological polar surface area (TPSA) is 48.1 Å². The third kappa shape index (κ3) is 5.22. The van der Waals surface area contributed by atoms with Gasteiger partial charge in [-0.1, -0.05) is 20.8 Å². The molecule has 1 heterocycles. The molecule has 0 radical (unpaired) electrons. The van der Waals surface area contributed by atoms with Crippen LogP contribution in [-0.4, -0.2) is 50.8 Å².